The highest BCUT2D eigenvalue weighted by molar-refractivity contribution is 5.94. The summed E-state index contributed by atoms with van der Waals surface area (Å²) in [7, 11) is 0. The van der Waals surface area contributed by atoms with Crippen molar-refractivity contribution in [3.63, 3.8) is 0 Å². The second-order valence-electron chi connectivity index (χ2n) is 9.05. The van der Waals surface area contributed by atoms with E-state index in [1.54, 1.807) is 0 Å². The molecule has 2 aromatic carbocycles. The highest BCUT2D eigenvalue weighted by Gasteiger charge is 2.31. The van der Waals surface area contributed by atoms with Crippen molar-refractivity contribution in [2.75, 3.05) is 26.2 Å². The summed E-state index contributed by atoms with van der Waals surface area (Å²) in [5.74, 6) is 0.228. The van der Waals surface area contributed by atoms with Crippen LogP contribution in [0.3, 0.4) is 0 Å². The number of likely N-dealkylation sites (tertiary alicyclic amines) is 2. The maximum atomic E-state index is 13.1. The van der Waals surface area contributed by atoms with Gasteiger partial charge in [0.25, 0.3) is 5.91 Å². The van der Waals surface area contributed by atoms with Crippen molar-refractivity contribution in [3.8, 4) is 0 Å². The Hall–Kier alpha value is -2.13. The quantitative estimate of drug-likeness (QED) is 0.527. The van der Waals surface area contributed by atoms with Gasteiger partial charge in [0.05, 0.1) is 0 Å². The molecule has 0 spiro atoms. The summed E-state index contributed by atoms with van der Waals surface area (Å²) in [5, 5.41) is 0. The van der Waals surface area contributed by atoms with Crippen molar-refractivity contribution < 1.29 is 4.79 Å². The van der Waals surface area contributed by atoms with Crippen molar-refractivity contribution in [1.82, 2.24) is 9.80 Å². The number of nitrogens with zero attached hydrogens (tertiary/aromatic N) is 2. The smallest absolute Gasteiger partial charge is 0.254 e. The minimum absolute atomic E-state index is 0.228. The average molecular weight is 405 g/mol. The summed E-state index contributed by atoms with van der Waals surface area (Å²) >= 11 is 0. The maximum Gasteiger partial charge on any atom is 0.254 e. The van der Waals surface area contributed by atoms with Gasteiger partial charge < -0.3 is 9.80 Å². The molecule has 2 heterocycles. The molecule has 2 aliphatic heterocycles. The van der Waals surface area contributed by atoms with E-state index in [9.17, 15) is 4.79 Å². The Morgan fingerprint density at radius 2 is 1.43 bits per heavy atom. The van der Waals surface area contributed by atoms with E-state index in [0.29, 0.717) is 6.04 Å². The molecular formula is C27H36N2O. The van der Waals surface area contributed by atoms with Gasteiger partial charge in [0, 0.05) is 24.7 Å². The van der Waals surface area contributed by atoms with Crippen LogP contribution in [0.15, 0.2) is 54.6 Å². The first-order valence-corrected chi connectivity index (χ1v) is 12.0. The van der Waals surface area contributed by atoms with Gasteiger partial charge in [0.1, 0.15) is 0 Å². The van der Waals surface area contributed by atoms with Gasteiger partial charge in [-0.05, 0) is 87.7 Å². The van der Waals surface area contributed by atoms with Gasteiger partial charge in [-0.2, -0.15) is 0 Å². The topological polar surface area (TPSA) is 23.6 Å². The van der Waals surface area contributed by atoms with Crippen LogP contribution in [-0.2, 0) is 12.8 Å². The number of amides is 1. The van der Waals surface area contributed by atoms with E-state index in [2.05, 4.69) is 52.3 Å². The van der Waals surface area contributed by atoms with Crippen LogP contribution < -0.4 is 0 Å². The summed E-state index contributed by atoms with van der Waals surface area (Å²) in [6.07, 6.45) is 10.9. The van der Waals surface area contributed by atoms with Crippen molar-refractivity contribution in [1.29, 1.82) is 0 Å². The van der Waals surface area contributed by atoms with Gasteiger partial charge in [0.2, 0.25) is 0 Å². The second-order valence-corrected chi connectivity index (χ2v) is 9.05. The molecule has 1 atom stereocenters. The Labute approximate surface area is 182 Å². The van der Waals surface area contributed by atoms with Crippen molar-refractivity contribution >= 4 is 5.91 Å². The van der Waals surface area contributed by atoms with Crippen LogP contribution in [0.1, 0.15) is 66.4 Å². The molecule has 1 amide bonds. The van der Waals surface area contributed by atoms with Crippen molar-refractivity contribution in [2.24, 2.45) is 0 Å². The molecule has 0 bridgehead atoms. The molecule has 2 aromatic rings. The predicted molar refractivity (Wildman–Crippen MR) is 124 cm³/mol. The normalized spacial score (nSPS) is 19.5. The fourth-order valence-corrected chi connectivity index (χ4v) is 5.02. The van der Waals surface area contributed by atoms with Crippen LogP contribution in [0.5, 0.6) is 0 Å². The molecule has 0 radical (unpaired) electrons. The zero-order valence-corrected chi connectivity index (χ0v) is 18.3. The molecule has 3 heteroatoms. The molecule has 0 aliphatic carbocycles. The minimum Gasteiger partial charge on any atom is -0.334 e. The molecular weight excluding hydrogens is 368 g/mol. The summed E-state index contributed by atoms with van der Waals surface area (Å²) in [5.41, 5.74) is 3.64. The monoisotopic (exact) mass is 404 g/mol. The van der Waals surface area contributed by atoms with E-state index < -0.39 is 0 Å². The van der Waals surface area contributed by atoms with Gasteiger partial charge in [-0.1, -0.05) is 48.9 Å². The van der Waals surface area contributed by atoms with Crippen LogP contribution in [0.25, 0.3) is 0 Å². The largest absolute Gasteiger partial charge is 0.334 e. The fraction of sp³-hybridized carbons (Fsp3) is 0.519. The van der Waals surface area contributed by atoms with Gasteiger partial charge in [-0.15, -0.1) is 0 Å². The molecule has 2 aliphatic rings. The average Bonchev–Trinajstić information content (AvgIpc) is 3.47. The minimum atomic E-state index is 0.228. The van der Waals surface area contributed by atoms with Crippen LogP contribution in [-0.4, -0.2) is 47.9 Å². The Morgan fingerprint density at radius 3 is 2.13 bits per heavy atom. The number of hydrogen-bond donors (Lipinski definition) is 0. The molecule has 0 N–H and O–H groups in total. The highest BCUT2D eigenvalue weighted by atomic mass is 16.2. The highest BCUT2D eigenvalue weighted by Crippen LogP contribution is 2.23. The van der Waals surface area contributed by atoms with Crippen molar-refractivity contribution in [2.45, 2.75) is 63.8 Å². The molecule has 160 valence electrons. The van der Waals surface area contributed by atoms with Crippen LogP contribution in [0.4, 0.5) is 0 Å². The maximum absolute atomic E-state index is 13.1. The van der Waals surface area contributed by atoms with E-state index >= 15 is 0 Å². The van der Waals surface area contributed by atoms with E-state index in [1.165, 1.54) is 62.7 Å². The van der Waals surface area contributed by atoms with E-state index in [-0.39, 0.29) is 5.91 Å². The lowest BCUT2D eigenvalue weighted by molar-refractivity contribution is 0.0709. The van der Waals surface area contributed by atoms with E-state index in [4.69, 9.17) is 0 Å². The summed E-state index contributed by atoms with van der Waals surface area (Å²) < 4.78 is 0. The third-order valence-electron chi connectivity index (χ3n) is 6.78. The lowest BCUT2D eigenvalue weighted by atomic mass is 10.0. The van der Waals surface area contributed by atoms with Crippen LogP contribution in [0, 0.1) is 0 Å². The third kappa shape index (κ3) is 5.72. The predicted octanol–water partition coefficient (Wildman–Crippen LogP) is 5.34. The number of carbonyl (C=O) groups is 1. The molecule has 4 rings (SSSR count). The number of unbranched alkanes of at least 4 members (excludes halogenated alkanes) is 2. The fourth-order valence-electron chi connectivity index (χ4n) is 5.02. The Balaban J connectivity index is 1.22. The van der Waals surface area contributed by atoms with Gasteiger partial charge >= 0.3 is 0 Å². The van der Waals surface area contributed by atoms with Crippen LogP contribution in [0.2, 0.25) is 0 Å². The Morgan fingerprint density at radius 1 is 0.767 bits per heavy atom. The van der Waals surface area contributed by atoms with Gasteiger partial charge in [-0.25, -0.2) is 0 Å². The first kappa shape index (κ1) is 21.1. The zero-order chi connectivity index (χ0) is 20.6. The lowest BCUT2D eigenvalue weighted by Crippen LogP contribution is -2.42. The van der Waals surface area contributed by atoms with Crippen molar-refractivity contribution in [3.05, 3.63) is 71.3 Å². The van der Waals surface area contributed by atoms with Crippen LogP contribution >= 0.6 is 0 Å². The standard InChI is InChI=1S/C27H36N2O/c30-27(29-21-9-14-26(29)22-28-19-7-8-20-28)25-17-15-24(16-18-25)13-6-2-5-12-23-10-3-1-4-11-23/h1,3-4,10-11,15-18,26H,2,5-9,12-14,19-22H2/t26-/m0/s1. The van der Waals surface area contributed by atoms with Gasteiger partial charge in [0.15, 0.2) is 0 Å². The SMILES string of the molecule is O=C(c1ccc(CCCCCc2ccccc2)cc1)N1CCC[C@H]1CN1CCCC1. The molecule has 0 aromatic heterocycles. The molecule has 3 nitrogen and oxygen atoms in total. The molecule has 0 saturated carbocycles. The number of aryl methyl sites for hydroxylation is 2. The number of hydrogen-bond acceptors (Lipinski definition) is 2. The molecule has 2 saturated heterocycles. The van der Waals surface area contributed by atoms with E-state index in [1.807, 2.05) is 12.1 Å². The lowest BCUT2D eigenvalue weighted by Gasteiger charge is -2.28. The van der Waals surface area contributed by atoms with Gasteiger partial charge in [-0.3, -0.25) is 4.79 Å². The Kier molecular flexibility index (Phi) is 7.58. The number of carbonyl (C=O) groups excluding carboxylic acids is 1. The summed E-state index contributed by atoms with van der Waals surface area (Å²) in [6, 6.07) is 19.6. The number of benzene rings is 2. The molecule has 30 heavy (non-hydrogen) atoms. The Bertz CT molecular complexity index is 780. The molecule has 0 unspecified atom stereocenters. The first-order chi connectivity index (χ1) is 14.8. The first-order valence-electron chi connectivity index (χ1n) is 12.0. The summed E-state index contributed by atoms with van der Waals surface area (Å²) in [4.78, 5) is 17.8. The number of rotatable bonds is 9. The second kappa shape index (κ2) is 10.8. The third-order valence-corrected chi connectivity index (χ3v) is 6.78. The summed E-state index contributed by atoms with van der Waals surface area (Å²) in [6.45, 7) is 4.39. The molecule has 2 fully saturated rings. The zero-order valence-electron chi connectivity index (χ0n) is 18.3. The van der Waals surface area contributed by atoms with E-state index in [0.717, 1.165) is 37.9 Å².